The number of nitrogens with one attached hydrogen (secondary N) is 5. The highest BCUT2D eigenvalue weighted by Crippen LogP contribution is 2.46. The highest BCUT2D eigenvalue weighted by Gasteiger charge is 2.27. The number of non-ortho nitro benzene ring substituents is 2. The van der Waals surface area contributed by atoms with E-state index < -0.39 is 114 Å². The molecule has 0 aromatic heterocycles. The van der Waals surface area contributed by atoms with Crippen LogP contribution < -0.4 is 26.6 Å². The summed E-state index contributed by atoms with van der Waals surface area (Å²) in [5, 5.41) is 117. The smallest absolute Gasteiger partial charge is 0.301 e. The van der Waals surface area contributed by atoms with Crippen molar-refractivity contribution in [1.82, 2.24) is 0 Å². The number of benzene rings is 10. The monoisotopic (exact) mass is 1480 g/mol. The number of nitro benzene ring substituents is 4. The number of aromatic hydroxyl groups is 2. The average Bonchev–Trinajstić information content (AvgIpc) is 0.828. The molecule has 0 aliphatic carbocycles. The van der Waals surface area contributed by atoms with Crippen molar-refractivity contribution in [2.24, 2.45) is 40.9 Å². The van der Waals surface area contributed by atoms with Gasteiger partial charge in [0.1, 0.15) is 44.0 Å². The predicted molar refractivity (Wildman–Crippen MR) is 367 cm³/mol. The molecule has 0 bridgehead atoms. The molecule has 11 N–H and O–H groups in total. The van der Waals surface area contributed by atoms with E-state index in [1.54, 1.807) is 0 Å². The molecule has 0 heterocycles. The Morgan fingerprint density at radius 3 is 0.835 bits per heavy atom. The summed E-state index contributed by atoms with van der Waals surface area (Å²) in [6, 6.07) is 38.9. The summed E-state index contributed by atoms with van der Waals surface area (Å²) in [6.45, 7) is 0. The lowest BCUT2D eigenvalue weighted by molar-refractivity contribution is -0.388. The summed E-state index contributed by atoms with van der Waals surface area (Å²) in [5.41, 5.74) is -2.57. The molecule has 10 aromatic rings. The van der Waals surface area contributed by atoms with E-state index in [1.165, 1.54) is 121 Å². The van der Waals surface area contributed by atoms with Gasteiger partial charge in [-0.3, -0.25) is 58.7 Å². The fourth-order valence-electron chi connectivity index (χ4n) is 9.12. The van der Waals surface area contributed by atoms with E-state index in [4.69, 9.17) is 0 Å². The molecule has 0 saturated heterocycles. The van der Waals surface area contributed by atoms with Crippen LogP contribution in [0.5, 0.6) is 11.5 Å². The van der Waals surface area contributed by atoms with Crippen LogP contribution in [0.4, 0.5) is 125 Å². The van der Waals surface area contributed by atoms with Gasteiger partial charge in [-0.05, 0) is 146 Å². The molecule has 0 unspecified atom stereocenters. The van der Waals surface area contributed by atoms with Crippen molar-refractivity contribution in [2.75, 3.05) is 26.6 Å². The molecule has 524 valence electrons. The minimum absolute atomic E-state index is 0.0259. The number of phenols is 2. The van der Waals surface area contributed by atoms with Gasteiger partial charge in [0.2, 0.25) is 0 Å². The third-order valence-corrected chi connectivity index (χ3v) is 17.5. The molecule has 0 aliphatic heterocycles. The zero-order valence-corrected chi connectivity index (χ0v) is 54.5. The van der Waals surface area contributed by atoms with Gasteiger partial charge in [-0.2, -0.15) is 54.1 Å². The topological polar surface area (TPSA) is 590 Å². The molecule has 0 aliphatic rings. The van der Waals surface area contributed by atoms with Crippen LogP contribution in [-0.2, 0) is 40.5 Å². The fourth-order valence-corrected chi connectivity index (χ4v) is 11.8. The Kier molecular flexibility index (Phi) is 20.7. The highest BCUT2D eigenvalue weighted by molar-refractivity contribution is 7.86. The second kappa shape index (κ2) is 29.5. The Bertz CT molecular complexity index is 5350. The molecule has 10 aromatic carbocycles. The fraction of sp³-hybridized carbons (Fsp3) is 0. The molecule has 10 rings (SSSR count). The van der Waals surface area contributed by atoms with Crippen LogP contribution >= 0.6 is 0 Å². The van der Waals surface area contributed by atoms with Gasteiger partial charge >= 0.3 is 20.2 Å². The molecular formula is C60H43N17O22S4. The van der Waals surface area contributed by atoms with Gasteiger partial charge in [0, 0.05) is 82.7 Å². The predicted octanol–water partition coefficient (Wildman–Crippen LogP) is 16.1. The molecule has 0 saturated carbocycles. The van der Waals surface area contributed by atoms with E-state index in [-0.39, 0.29) is 91.0 Å². The maximum Gasteiger partial charge on any atom is 0.301 e. The zero-order chi connectivity index (χ0) is 74.3. The third kappa shape index (κ3) is 18.2. The second-order valence-electron chi connectivity index (χ2n) is 21.0. The lowest BCUT2D eigenvalue weighted by atomic mass is 10.2. The summed E-state index contributed by atoms with van der Waals surface area (Å²) in [5.74, 6) is -1.11. The molecule has 0 atom stereocenters. The van der Waals surface area contributed by atoms with E-state index in [0.29, 0.717) is 23.5 Å². The first-order valence-electron chi connectivity index (χ1n) is 28.3. The van der Waals surface area contributed by atoms with Crippen molar-refractivity contribution in [1.29, 1.82) is 0 Å². The summed E-state index contributed by atoms with van der Waals surface area (Å²) in [6.07, 6.45) is 0. The van der Waals surface area contributed by atoms with E-state index >= 15 is 0 Å². The number of azo groups is 4. The summed E-state index contributed by atoms with van der Waals surface area (Å²) in [7, 11) is -20.0. The Balaban J connectivity index is 0.997. The van der Waals surface area contributed by atoms with Crippen LogP contribution in [0.25, 0.3) is 0 Å². The van der Waals surface area contributed by atoms with Crippen molar-refractivity contribution in [3.05, 3.63) is 235 Å². The number of hydrogen-bond acceptors (Lipinski definition) is 31. The molecule has 0 radical (unpaired) electrons. The van der Waals surface area contributed by atoms with E-state index in [2.05, 4.69) is 67.5 Å². The Morgan fingerprint density at radius 1 is 0.272 bits per heavy atom. The normalized spacial score (nSPS) is 12.0. The minimum atomic E-state index is -5.04. The van der Waals surface area contributed by atoms with Crippen LogP contribution in [0, 0.1) is 40.5 Å². The SMILES string of the molecule is O=[N+]([O-])c1ccc(Nc2ccc(N=Nc3cc(N=Nc4ccc(Nc5ccc([N+](=O)[O-])c(S(=O)(=O)O)c5)cc4)c(Nc4cc(O)c(N=Nc5ccc(Nc6ccc([N+](=O)[O-])cc6S(=O)(=O)O)cc5)cc4N=Nc4ccc(Nc5ccc([N+](=O)[O-])c(S(=O)(=O)O)c5)cc4)cc3O)cc2)c(S(=O)(=O)O)c1. The van der Waals surface area contributed by atoms with Gasteiger partial charge in [0.15, 0.2) is 9.79 Å². The number of rotatable bonds is 26. The number of nitro groups is 4. The van der Waals surface area contributed by atoms with Crippen LogP contribution in [0.15, 0.2) is 255 Å². The van der Waals surface area contributed by atoms with Crippen LogP contribution in [0.1, 0.15) is 0 Å². The number of phenolic OH excluding ortho intramolecular Hbond substituents is 2. The maximum atomic E-state index is 12.2. The van der Waals surface area contributed by atoms with Crippen molar-refractivity contribution in [2.45, 2.75) is 19.6 Å². The van der Waals surface area contributed by atoms with Gasteiger partial charge in [-0.25, -0.2) is 0 Å². The largest absolute Gasteiger partial charge is 0.506 e. The van der Waals surface area contributed by atoms with Crippen LogP contribution in [-0.4, -0.2) is 81.8 Å². The number of hydrogen-bond donors (Lipinski definition) is 11. The molecule has 0 amide bonds. The maximum absolute atomic E-state index is 12.2. The molecule has 43 heteroatoms. The van der Waals surface area contributed by atoms with Gasteiger partial charge in [0.05, 0.1) is 65.2 Å². The summed E-state index contributed by atoms with van der Waals surface area (Å²) < 4.78 is 136. The Hall–Kier alpha value is -13.6. The third-order valence-electron chi connectivity index (χ3n) is 13.9. The van der Waals surface area contributed by atoms with Crippen LogP contribution in [0.3, 0.4) is 0 Å². The first-order chi connectivity index (χ1) is 48.6. The minimum Gasteiger partial charge on any atom is -0.506 e. The van der Waals surface area contributed by atoms with Gasteiger partial charge in [-0.1, -0.05) is 0 Å². The molecule has 103 heavy (non-hydrogen) atoms. The van der Waals surface area contributed by atoms with Crippen molar-refractivity contribution < 1.29 is 81.8 Å². The van der Waals surface area contributed by atoms with Gasteiger partial charge < -0.3 is 36.8 Å². The molecule has 0 spiro atoms. The first kappa shape index (κ1) is 72.2. The van der Waals surface area contributed by atoms with E-state index in [1.807, 2.05) is 0 Å². The zero-order valence-electron chi connectivity index (χ0n) is 51.2. The van der Waals surface area contributed by atoms with Crippen molar-refractivity contribution in [3.63, 3.8) is 0 Å². The summed E-state index contributed by atoms with van der Waals surface area (Å²) >= 11 is 0. The quantitative estimate of drug-likeness (QED) is 0.0104. The second-order valence-corrected chi connectivity index (χ2v) is 26.5. The highest BCUT2D eigenvalue weighted by atomic mass is 32.2. The summed E-state index contributed by atoms with van der Waals surface area (Å²) in [4.78, 5) is 38.5. The average molecular weight is 1480 g/mol. The number of nitrogens with zero attached hydrogens (tertiary/aromatic N) is 12. The van der Waals surface area contributed by atoms with Gasteiger partial charge in [-0.15, -0.1) is 20.5 Å². The standard InChI is InChI=1S/C60H43N17O22S4/c78-55-31-47(49(70-66-37-9-1-33(2-10-37)61-41-17-23-53(76(84)85)59(25-41)102(94,95)96)29-51(55)72-68-39-13-5-35(6-14-39)63-45-21-19-43(74(80)81)27-57(45)100(88,89)90)65-48-32-56(79)52(73-69-40-15-7-36(8-16-40)64-46-22-20-44(75(82)83)28-58(46)101(91,92)93)30-50(48)71-67-38-11-3-34(4-12-38)62-42-18-24-54(77(86)87)60(26-42)103(97,98)99/h1-32,61-65,78-79H,(H,88,89,90)(H,91,92,93)(H,94,95,96)(H,97,98,99). The van der Waals surface area contributed by atoms with E-state index in [0.717, 1.165) is 60.7 Å². The molecular weight excluding hydrogens is 1440 g/mol. The first-order valence-corrected chi connectivity index (χ1v) is 34.1. The van der Waals surface area contributed by atoms with Gasteiger partial charge in [0.25, 0.3) is 43.0 Å². The number of anilines is 10. The lowest BCUT2D eigenvalue weighted by Gasteiger charge is -2.14. The van der Waals surface area contributed by atoms with E-state index in [9.17, 15) is 103 Å². The van der Waals surface area contributed by atoms with Crippen molar-refractivity contribution in [3.8, 4) is 11.5 Å². The Labute approximate surface area is 577 Å². The van der Waals surface area contributed by atoms with Crippen molar-refractivity contribution >= 4 is 166 Å². The van der Waals surface area contributed by atoms with Crippen LogP contribution in [0.2, 0.25) is 0 Å². The lowest BCUT2D eigenvalue weighted by Crippen LogP contribution is -2.04. The molecule has 39 nitrogen and oxygen atoms in total. The molecule has 0 fully saturated rings. The Morgan fingerprint density at radius 2 is 0.553 bits per heavy atom.